The molecule has 1 fully saturated rings. The average molecular weight is 278 g/mol. The molecule has 2 rings (SSSR count). The summed E-state index contributed by atoms with van der Waals surface area (Å²) in [5, 5.41) is 0. The van der Waals surface area contributed by atoms with Crippen LogP contribution in [-0.2, 0) is 6.42 Å². The molecule has 0 spiro atoms. The second-order valence-corrected chi connectivity index (χ2v) is 5.52. The van der Waals surface area contributed by atoms with Crippen LogP contribution in [-0.4, -0.2) is 44.8 Å². The van der Waals surface area contributed by atoms with Gasteiger partial charge in [-0.05, 0) is 63.5 Å². The van der Waals surface area contributed by atoms with E-state index in [0.29, 0.717) is 0 Å². The van der Waals surface area contributed by atoms with E-state index in [1.54, 1.807) is 7.11 Å². The third-order valence-electron chi connectivity index (χ3n) is 3.77. The molecular formula is C16H26N2O2. The van der Waals surface area contributed by atoms with Gasteiger partial charge < -0.3 is 20.1 Å². The number of hydrogen-bond acceptors (Lipinski definition) is 4. The first-order valence-electron chi connectivity index (χ1n) is 7.45. The van der Waals surface area contributed by atoms with Gasteiger partial charge in [-0.1, -0.05) is 6.07 Å². The summed E-state index contributed by atoms with van der Waals surface area (Å²) in [6, 6.07) is 6.19. The zero-order valence-corrected chi connectivity index (χ0v) is 12.6. The molecule has 4 nitrogen and oxygen atoms in total. The summed E-state index contributed by atoms with van der Waals surface area (Å²) < 4.78 is 11.6. The molecule has 1 saturated heterocycles. The number of likely N-dealkylation sites (tertiary alicyclic amines) is 1. The molecule has 0 aromatic heterocycles. The molecule has 2 N–H and O–H groups in total. The van der Waals surface area contributed by atoms with E-state index in [-0.39, 0.29) is 6.10 Å². The number of ether oxygens (including phenoxy) is 2. The van der Waals surface area contributed by atoms with Crippen molar-refractivity contribution < 1.29 is 9.47 Å². The molecule has 1 aromatic rings. The van der Waals surface area contributed by atoms with Crippen LogP contribution in [0.5, 0.6) is 11.5 Å². The second kappa shape index (κ2) is 7.50. The molecule has 0 radical (unpaired) electrons. The molecule has 1 aliphatic rings. The topological polar surface area (TPSA) is 47.7 Å². The number of benzene rings is 1. The molecule has 0 saturated carbocycles. The summed E-state index contributed by atoms with van der Waals surface area (Å²) in [6.07, 6.45) is 4.54. The number of nitrogens with zero attached hydrogens (tertiary/aromatic N) is 1. The van der Waals surface area contributed by atoms with Crippen LogP contribution >= 0.6 is 0 Å². The summed E-state index contributed by atoms with van der Waals surface area (Å²) >= 11 is 0. The van der Waals surface area contributed by atoms with Gasteiger partial charge in [0.05, 0.1) is 7.11 Å². The summed E-state index contributed by atoms with van der Waals surface area (Å²) in [5.41, 5.74) is 6.83. The maximum absolute atomic E-state index is 6.17. The molecule has 1 aromatic carbocycles. The smallest absolute Gasteiger partial charge is 0.161 e. The molecule has 1 unspecified atom stereocenters. The van der Waals surface area contributed by atoms with E-state index in [0.717, 1.165) is 50.4 Å². The largest absolute Gasteiger partial charge is 0.493 e. The minimum absolute atomic E-state index is 0.257. The number of piperidine rings is 1. The van der Waals surface area contributed by atoms with Gasteiger partial charge in [-0.2, -0.15) is 0 Å². The van der Waals surface area contributed by atoms with Crippen molar-refractivity contribution in [2.45, 2.75) is 31.8 Å². The Morgan fingerprint density at radius 2 is 2.20 bits per heavy atom. The summed E-state index contributed by atoms with van der Waals surface area (Å²) in [7, 11) is 3.83. The van der Waals surface area contributed by atoms with Gasteiger partial charge in [0, 0.05) is 6.54 Å². The van der Waals surface area contributed by atoms with Gasteiger partial charge in [-0.25, -0.2) is 0 Å². The van der Waals surface area contributed by atoms with Gasteiger partial charge in [-0.15, -0.1) is 0 Å². The zero-order chi connectivity index (χ0) is 14.4. The zero-order valence-electron chi connectivity index (χ0n) is 12.6. The molecule has 1 aliphatic heterocycles. The van der Waals surface area contributed by atoms with Crippen LogP contribution in [0.1, 0.15) is 24.8 Å². The Morgan fingerprint density at radius 3 is 2.90 bits per heavy atom. The lowest BCUT2D eigenvalue weighted by Gasteiger charge is -2.30. The van der Waals surface area contributed by atoms with Crippen molar-refractivity contribution in [3.63, 3.8) is 0 Å². The van der Waals surface area contributed by atoms with Crippen LogP contribution in [0, 0.1) is 0 Å². The van der Waals surface area contributed by atoms with Gasteiger partial charge in [0.25, 0.3) is 0 Å². The van der Waals surface area contributed by atoms with Crippen molar-refractivity contribution in [2.24, 2.45) is 5.73 Å². The average Bonchev–Trinajstić information content (AvgIpc) is 2.45. The molecule has 0 amide bonds. The predicted molar refractivity (Wildman–Crippen MR) is 81.5 cm³/mol. The number of nitrogens with two attached hydrogens (primary N) is 1. The van der Waals surface area contributed by atoms with E-state index >= 15 is 0 Å². The van der Waals surface area contributed by atoms with E-state index in [4.69, 9.17) is 15.2 Å². The number of rotatable bonds is 6. The molecule has 112 valence electrons. The molecule has 0 aliphatic carbocycles. The standard InChI is InChI=1S/C16H26N2O2/c1-18-10-4-6-14(12-18)20-16-11-13(5-3-9-17)7-8-15(16)19-2/h7-8,11,14H,3-6,9-10,12,17H2,1-2H3. The summed E-state index contributed by atoms with van der Waals surface area (Å²) in [4.78, 5) is 2.32. The Morgan fingerprint density at radius 1 is 1.35 bits per heavy atom. The second-order valence-electron chi connectivity index (χ2n) is 5.52. The van der Waals surface area contributed by atoms with E-state index in [2.05, 4.69) is 24.1 Å². The first kappa shape index (κ1) is 15.1. The van der Waals surface area contributed by atoms with Gasteiger partial charge >= 0.3 is 0 Å². The van der Waals surface area contributed by atoms with Gasteiger partial charge in [-0.3, -0.25) is 0 Å². The van der Waals surface area contributed by atoms with Gasteiger partial charge in [0.1, 0.15) is 6.10 Å². The highest BCUT2D eigenvalue weighted by atomic mass is 16.5. The lowest BCUT2D eigenvalue weighted by Crippen LogP contribution is -2.38. The van der Waals surface area contributed by atoms with Crippen molar-refractivity contribution >= 4 is 0 Å². The Bertz CT molecular complexity index is 423. The number of hydrogen-bond donors (Lipinski definition) is 1. The van der Waals surface area contributed by atoms with E-state index in [9.17, 15) is 0 Å². The molecule has 1 atom stereocenters. The number of likely N-dealkylation sites (N-methyl/N-ethyl adjacent to an activating group) is 1. The normalized spacial score (nSPS) is 19.9. The summed E-state index contributed by atoms with van der Waals surface area (Å²) in [5.74, 6) is 1.68. The third kappa shape index (κ3) is 4.12. The first-order chi connectivity index (χ1) is 9.72. The van der Waals surface area contributed by atoms with Crippen molar-refractivity contribution in [2.75, 3.05) is 33.8 Å². The Hall–Kier alpha value is -1.26. The molecule has 1 heterocycles. The maximum atomic E-state index is 6.17. The van der Waals surface area contributed by atoms with Crippen molar-refractivity contribution in [1.29, 1.82) is 0 Å². The van der Waals surface area contributed by atoms with Crippen LogP contribution in [0.15, 0.2) is 18.2 Å². The van der Waals surface area contributed by atoms with Crippen LogP contribution in [0.3, 0.4) is 0 Å². The fourth-order valence-electron chi connectivity index (χ4n) is 2.67. The number of aryl methyl sites for hydroxylation is 1. The Balaban J connectivity index is 2.07. The molecule has 4 heteroatoms. The lowest BCUT2D eigenvalue weighted by atomic mass is 10.1. The van der Waals surface area contributed by atoms with Crippen molar-refractivity contribution in [1.82, 2.24) is 4.90 Å². The first-order valence-corrected chi connectivity index (χ1v) is 7.45. The fraction of sp³-hybridized carbons (Fsp3) is 0.625. The molecular weight excluding hydrogens is 252 g/mol. The van der Waals surface area contributed by atoms with Crippen molar-refractivity contribution in [3.8, 4) is 11.5 Å². The highest BCUT2D eigenvalue weighted by Crippen LogP contribution is 2.30. The number of methoxy groups -OCH3 is 1. The quantitative estimate of drug-likeness (QED) is 0.865. The van der Waals surface area contributed by atoms with Crippen LogP contribution in [0.2, 0.25) is 0 Å². The SMILES string of the molecule is COc1ccc(CCCN)cc1OC1CCCN(C)C1. The van der Waals surface area contributed by atoms with E-state index in [1.165, 1.54) is 12.0 Å². The van der Waals surface area contributed by atoms with Crippen LogP contribution in [0.25, 0.3) is 0 Å². The van der Waals surface area contributed by atoms with Crippen LogP contribution < -0.4 is 15.2 Å². The predicted octanol–water partition coefficient (Wildman–Crippen LogP) is 2.06. The fourth-order valence-corrected chi connectivity index (χ4v) is 2.67. The monoisotopic (exact) mass is 278 g/mol. The third-order valence-corrected chi connectivity index (χ3v) is 3.77. The van der Waals surface area contributed by atoms with Gasteiger partial charge in [0.15, 0.2) is 11.5 Å². The Labute approximate surface area is 121 Å². The molecule has 20 heavy (non-hydrogen) atoms. The van der Waals surface area contributed by atoms with E-state index in [1.807, 2.05) is 6.07 Å². The van der Waals surface area contributed by atoms with Crippen molar-refractivity contribution in [3.05, 3.63) is 23.8 Å². The van der Waals surface area contributed by atoms with Crippen LogP contribution in [0.4, 0.5) is 0 Å². The molecule has 0 bridgehead atoms. The summed E-state index contributed by atoms with van der Waals surface area (Å²) in [6.45, 7) is 2.86. The van der Waals surface area contributed by atoms with Gasteiger partial charge in [0.2, 0.25) is 0 Å². The Kier molecular flexibility index (Phi) is 5.68. The highest BCUT2D eigenvalue weighted by molar-refractivity contribution is 5.43. The highest BCUT2D eigenvalue weighted by Gasteiger charge is 2.20. The lowest BCUT2D eigenvalue weighted by molar-refractivity contribution is 0.101. The minimum atomic E-state index is 0.257. The maximum Gasteiger partial charge on any atom is 0.161 e. The van der Waals surface area contributed by atoms with E-state index < -0.39 is 0 Å². The minimum Gasteiger partial charge on any atom is -0.493 e.